The summed E-state index contributed by atoms with van der Waals surface area (Å²) in [7, 11) is 0. The summed E-state index contributed by atoms with van der Waals surface area (Å²) in [5.74, 6) is 0.383. The Kier molecular flexibility index (Phi) is 4.08. The molecule has 0 aromatic heterocycles. The molecule has 1 spiro atoms. The number of carbonyl (C=O) groups excluding carboxylic acids is 1. The third-order valence-corrected chi connectivity index (χ3v) is 4.49. The predicted octanol–water partition coefficient (Wildman–Crippen LogP) is 2.12. The second kappa shape index (κ2) is 5.38. The highest BCUT2D eigenvalue weighted by atomic mass is 16.2. The van der Waals surface area contributed by atoms with Crippen LogP contribution in [0.4, 0.5) is 0 Å². The van der Waals surface area contributed by atoms with Crippen LogP contribution in [0.25, 0.3) is 0 Å². The summed E-state index contributed by atoms with van der Waals surface area (Å²) in [5, 5.41) is 0. The van der Waals surface area contributed by atoms with Crippen molar-refractivity contribution in [1.29, 1.82) is 0 Å². The van der Waals surface area contributed by atoms with Gasteiger partial charge < -0.3 is 9.80 Å². The lowest BCUT2D eigenvalue weighted by Gasteiger charge is -2.54. The van der Waals surface area contributed by atoms with Gasteiger partial charge in [0.05, 0.1) is 0 Å². The SMILES string of the molecule is CCCCC(=O)N1CCC2(CC1)CN(CC)C2. The number of piperidine rings is 1. The van der Waals surface area contributed by atoms with Crippen LogP contribution in [0.1, 0.15) is 46.0 Å². The van der Waals surface area contributed by atoms with Crippen molar-refractivity contribution < 1.29 is 4.79 Å². The van der Waals surface area contributed by atoms with Gasteiger partial charge in [-0.05, 0) is 31.2 Å². The van der Waals surface area contributed by atoms with Crippen molar-refractivity contribution in [3.05, 3.63) is 0 Å². The zero-order chi connectivity index (χ0) is 12.3. The third kappa shape index (κ3) is 2.82. The largest absolute Gasteiger partial charge is 0.343 e. The quantitative estimate of drug-likeness (QED) is 0.749. The summed E-state index contributed by atoms with van der Waals surface area (Å²) in [4.78, 5) is 16.5. The lowest BCUT2D eigenvalue weighted by atomic mass is 9.72. The fourth-order valence-corrected chi connectivity index (χ4v) is 3.16. The number of unbranched alkanes of at least 4 members (excludes halogenated alkanes) is 1. The van der Waals surface area contributed by atoms with Gasteiger partial charge in [0.2, 0.25) is 5.91 Å². The Morgan fingerprint density at radius 1 is 1.18 bits per heavy atom. The molecule has 2 aliphatic heterocycles. The van der Waals surface area contributed by atoms with E-state index in [1.807, 2.05) is 0 Å². The van der Waals surface area contributed by atoms with Gasteiger partial charge in [0.25, 0.3) is 0 Å². The highest BCUT2D eigenvalue weighted by Gasteiger charge is 2.44. The molecule has 0 aromatic carbocycles. The molecule has 0 atom stereocenters. The molecule has 0 bridgehead atoms. The van der Waals surface area contributed by atoms with Gasteiger partial charge >= 0.3 is 0 Å². The molecular weight excluding hydrogens is 212 g/mol. The molecule has 2 aliphatic rings. The minimum absolute atomic E-state index is 0.383. The van der Waals surface area contributed by atoms with Crippen LogP contribution in [0.15, 0.2) is 0 Å². The van der Waals surface area contributed by atoms with Crippen LogP contribution >= 0.6 is 0 Å². The van der Waals surface area contributed by atoms with E-state index in [-0.39, 0.29) is 0 Å². The molecule has 3 heteroatoms. The lowest BCUT2D eigenvalue weighted by Crippen LogP contribution is -2.60. The minimum Gasteiger partial charge on any atom is -0.343 e. The van der Waals surface area contributed by atoms with Crippen LogP contribution in [0.3, 0.4) is 0 Å². The van der Waals surface area contributed by atoms with Gasteiger partial charge in [-0.25, -0.2) is 0 Å². The average Bonchev–Trinajstić information content (AvgIpc) is 2.33. The molecule has 2 saturated heterocycles. The van der Waals surface area contributed by atoms with Crippen molar-refractivity contribution in [2.75, 3.05) is 32.7 Å². The number of rotatable bonds is 4. The molecule has 0 aromatic rings. The highest BCUT2D eigenvalue weighted by Crippen LogP contribution is 2.40. The number of hydrogen-bond donors (Lipinski definition) is 0. The van der Waals surface area contributed by atoms with E-state index < -0.39 is 0 Å². The second-order valence-electron chi connectivity index (χ2n) is 5.79. The summed E-state index contributed by atoms with van der Waals surface area (Å²) in [6.07, 6.45) is 5.37. The molecule has 0 N–H and O–H groups in total. The van der Waals surface area contributed by atoms with E-state index in [4.69, 9.17) is 0 Å². The third-order valence-electron chi connectivity index (χ3n) is 4.49. The minimum atomic E-state index is 0.383. The Balaban J connectivity index is 1.73. The Morgan fingerprint density at radius 3 is 2.35 bits per heavy atom. The fourth-order valence-electron chi connectivity index (χ4n) is 3.16. The molecule has 17 heavy (non-hydrogen) atoms. The van der Waals surface area contributed by atoms with Crippen LogP contribution in [0.2, 0.25) is 0 Å². The first kappa shape index (κ1) is 12.9. The van der Waals surface area contributed by atoms with Crippen molar-refractivity contribution in [1.82, 2.24) is 9.80 Å². The smallest absolute Gasteiger partial charge is 0.222 e. The molecule has 2 fully saturated rings. The van der Waals surface area contributed by atoms with Crippen molar-refractivity contribution >= 4 is 5.91 Å². The number of carbonyl (C=O) groups is 1. The maximum absolute atomic E-state index is 11.9. The predicted molar refractivity (Wildman–Crippen MR) is 69.9 cm³/mol. The van der Waals surface area contributed by atoms with Crippen LogP contribution in [-0.2, 0) is 4.79 Å². The monoisotopic (exact) mass is 238 g/mol. The summed E-state index contributed by atoms with van der Waals surface area (Å²) in [5.41, 5.74) is 0.567. The van der Waals surface area contributed by atoms with Crippen molar-refractivity contribution in [2.24, 2.45) is 5.41 Å². The van der Waals surface area contributed by atoms with Crippen LogP contribution < -0.4 is 0 Å². The molecule has 2 heterocycles. The van der Waals surface area contributed by atoms with E-state index in [1.165, 1.54) is 32.5 Å². The van der Waals surface area contributed by atoms with Crippen molar-refractivity contribution in [3.8, 4) is 0 Å². The lowest BCUT2D eigenvalue weighted by molar-refractivity contribution is -0.136. The maximum atomic E-state index is 11.9. The van der Waals surface area contributed by atoms with E-state index in [1.54, 1.807) is 0 Å². The molecule has 98 valence electrons. The summed E-state index contributed by atoms with van der Waals surface area (Å²) >= 11 is 0. The summed E-state index contributed by atoms with van der Waals surface area (Å²) < 4.78 is 0. The summed E-state index contributed by atoms with van der Waals surface area (Å²) in [6, 6.07) is 0. The molecule has 0 saturated carbocycles. The number of likely N-dealkylation sites (tertiary alicyclic amines) is 2. The van der Waals surface area contributed by atoms with Gasteiger partial charge in [-0.2, -0.15) is 0 Å². The molecule has 0 aliphatic carbocycles. The zero-order valence-electron chi connectivity index (χ0n) is 11.4. The van der Waals surface area contributed by atoms with E-state index in [9.17, 15) is 4.79 Å². The first-order valence-electron chi connectivity index (χ1n) is 7.19. The van der Waals surface area contributed by atoms with Crippen LogP contribution in [-0.4, -0.2) is 48.4 Å². The number of amides is 1. The average molecular weight is 238 g/mol. The van der Waals surface area contributed by atoms with Gasteiger partial charge in [-0.15, -0.1) is 0 Å². The fraction of sp³-hybridized carbons (Fsp3) is 0.929. The second-order valence-corrected chi connectivity index (χ2v) is 5.79. The zero-order valence-corrected chi connectivity index (χ0v) is 11.4. The molecule has 0 radical (unpaired) electrons. The van der Waals surface area contributed by atoms with Crippen LogP contribution in [0, 0.1) is 5.41 Å². The number of hydrogen-bond acceptors (Lipinski definition) is 2. The normalized spacial score (nSPS) is 23.8. The van der Waals surface area contributed by atoms with Crippen molar-refractivity contribution in [3.63, 3.8) is 0 Å². The maximum Gasteiger partial charge on any atom is 0.222 e. The van der Waals surface area contributed by atoms with E-state index >= 15 is 0 Å². The van der Waals surface area contributed by atoms with Crippen molar-refractivity contribution in [2.45, 2.75) is 46.0 Å². The van der Waals surface area contributed by atoms with E-state index in [2.05, 4.69) is 23.6 Å². The first-order valence-corrected chi connectivity index (χ1v) is 7.19. The Bertz CT molecular complexity index is 261. The van der Waals surface area contributed by atoms with Crippen LogP contribution in [0.5, 0.6) is 0 Å². The molecular formula is C14H26N2O. The molecule has 2 rings (SSSR count). The Morgan fingerprint density at radius 2 is 1.82 bits per heavy atom. The molecule has 1 amide bonds. The van der Waals surface area contributed by atoms with Gasteiger partial charge in [-0.1, -0.05) is 20.3 Å². The topological polar surface area (TPSA) is 23.6 Å². The molecule has 0 unspecified atom stereocenters. The van der Waals surface area contributed by atoms with Gasteiger partial charge in [-0.3, -0.25) is 4.79 Å². The number of nitrogens with zero attached hydrogens (tertiary/aromatic N) is 2. The van der Waals surface area contributed by atoms with Gasteiger partial charge in [0, 0.05) is 32.6 Å². The van der Waals surface area contributed by atoms with Gasteiger partial charge in [0.15, 0.2) is 0 Å². The Labute approximate surface area is 105 Å². The van der Waals surface area contributed by atoms with E-state index in [0.717, 1.165) is 32.4 Å². The highest BCUT2D eigenvalue weighted by molar-refractivity contribution is 5.76. The first-order chi connectivity index (χ1) is 8.19. The summed E-state index contributed by atoms with van der Waals surface area (Å²) in [6.45, 7) is 10.1. The van der Waals surface area contributed by atoms with E-state index in [0.29, 0.717) is 11.3 Å². The standard InChI is InChI=1S/C14H26N2O/c1-3-5-6-13(17)16-9-7-14(8-10-16)11-15(4-2)12-14/h3-12H2,1-2H3. The molecule has 3 nitrogen and oxygen atoms in total. The Hall–Kier alpha value is -0.570. The van der Waals surface area contributed by atoms with Gasteiger partial charge in [0.1, 0.15) is 0 Å².